The van der Waals surface area contributed by atoms with Gasteiger partial charge in [-0.05, 0) is 18.2 Å². The fourth-order valence-corrected chi connectivity index (χ4v) is 2.00. The zero-order valence-electron chi connectivity index (χ0n) is 8.39. The van der Waals surface area contributed by atoms with Gasteiger partial charge >= 0.3 is 6.09 Å². The third kappa shape index (κ3) is 2.02. The lowest BCUT2D eigenvalue weighted by Gasteiger charge is -2.30. The fraction of sp³-hybridized carbons (Fsp3) is 0.273. The van der Waals surface area contributed by atoms with Crippen LogP contribution in [0.25, 0.3) is 0 Å². The smallest absolute Gasteiger partial charge is 0.415 e. The van der Waals surface area contributed by atoms with Crippen molar-refractivity contribution in [1.29, 1.82) is 5.26 Å². The van der Waals surface area contributed by atoms with Crippen molar-refractivity contribution in [3.63, 3.8) is 0 Å². The quantitative estimate of drug-likeness (QED) is 0.795. The van der Waals surface area contributed by atoms with Gasteiger partial charge in [-0.15, -0.1) is 0 Å². The van der Waals surface area contributed by atoms with Gasteiger partial charge in [0.05, 0.1) is 12.7 Å². The highest BCUT2D eigenvalue weighted by Gasteiger charge is 2.30. The molecule has 0 aromatic heterocycles. The number of amides is 1. The first-order chi connectivity index (χ1) is 7.72. The number of anilines is 1. The molecule has 1 aliphatic rings. The van der Waals surface area contributed by atoms with Crippen LogP contribution in [0.4, 0.5) is 10.5 Å². The summed E-state index contributed by atoms with van der Waals surface area (Å²) in [5.41, 5.74) is 0.672. The van der Waals surface area contributed by atoms with Crippen LogP contribution in [-0.4, -0.2) is 18.7 Å². The van der Waals surface area contributed by atoms with Gasteiger partial charge in [0.25, 0.3) is 0 Å². The van der Waals surface area contributed by atoms with E-state index in [1.165, 1.54) is 4.90 Å². The van der Waals surface area contributed by atoms with Crippen LogP contribution in [-0.2, 0) is 4.74 Å². The molecule has 16 heavy (non-hydrogen) atoms. The van der Waals surface area contributed by atoms with E-state index >= 15 is 0 Å². The second-order valence-electron chi connectivity index (χ2n) is 3.40. The zero-order valence-corrected chi connectivity index (χ0v) is 9.98. The van der Waals surface area contributed by atoms with Crippen LogP contribution in [0.2, 0.25) is 0 Å². The van der Waals surface area contributed by atoms with E-state index in [1.807, 2.05) is 12.1 Å². The predicted molar refractivity (Wildman–Crippen MR) is 62.0 cm³/mol. The Morgan fingerprint density at radius 2 is 2.38 bits per heavy atom. The zero-order chi connectivity index (χ0) is 11.5. The Kier molecular flexibility index (Phi) is 3.11. The minimum atomic E-state index is -0.462. The van der Waals surface area contributed by atoms with Crippen molar-refractivity contribution in [3.8, 4) is 6.07 Å². The van der Waals surface area contributed by atoms with E-state index in [1.54, 1.807) is 12.1 Å². The largest absolute Gasteiger partial charge is 0.449 e. The number of benzene rings is 1. The van der Waals surface area contributed by atoms with Crippen molar-refractivity contribution in [2.24, 2.45) is 0 Å². The van der Waals surface area contributed by atoms with Gasteiger partial charge in [-0.1, -0.05) is 22.0 Å². The van der Waals surface area contributed by atoms with E-state index < -0.39 is 12.1 Å². The molecule has 1 aromatic rings. The molecule has 0 N–H and O–H groups in total. The van der Waals surface area contributed by atoms with Crippen LogP contribution in [0.15, 0.2) is 28.7 Å². The van der Waals surface area contributed by atoms with Crippen LogP contribution in [0.5, 0.6) is 0 Å². The second-order valence-corrected chi connectivity index (χ2v) is 4.31. The van der Waals surface area contributed by atoms with Crippen molar-refractivity contribution >= 4 is 27.7 Å². The molecule has 1 saturated heterocycles. The van der Waals surface area contributed by atoms with Crippen LogP contribution in [0, 0.1) is 11.3 Å². The summed E-state index contributed by atoms with van der Waals surface area (Å²) in [6.07, 6.45) is 0.0743. The van der Waals surface area contributed by atoms with Crippen LogP contribution in [0.3, 0.4) is 0 Å². The van der Waals surface area contributed by atoms with Crippen molar-refractivity contribution < 1.29 is 9.53 Å². The van der Waals surface area contributed by atoms with Crippen molar-refractivity contribution in [3.05, 3.63) is 28.7 Å². The summed E-state index contributed by atoms with van der Waals surface area (Å²) in [6.45, 7) is 0.307. The number of carbonyl (C=O) groups is 1. The van der Waals surface area contributed by atoms with Crippen molar-refractivity contribution in [2.75, 3.05) is 11.5 Å². The normalized spacial score (nSPS) is 20.1. The highest BCUT2D eigenvalue weighted by atomic mass is 79.9. The molecule has 0 spiro atoms. The monoisotopic (exact) mass is 280 g/mol. The lowest BCUT2D eigenvalue weighted by molar-refractivity contribution is 0.134. The first-order valence-electron chi connectivity index (χ1n) is 4.83. The molecule has 1 amide bonds. The van der Waals surface area contributed by atoms with E-state index in [9.17, 15) is 4.79 Å². The Hall–Kier alpha value is -1.54. The maximum absolute atomic E-state index is 11.6. The Bertz CT molecular complexity index is 456. The van der Waals surface area contributed by atoms with E-state index in [0.717, 1.165) is 4.47 Å². The highest BCUT2D eigenvalue weighted by molar-refractivity contribution is 9.10. The van der Waals surface area contributed by atoms with Crippen molar-refractivity contribution in [1.82, 2.24) is 0 Å². The van der Waals surface area contributed by atoms with Gasteiger partial charge in [0, 0.05) is 16.6 Å². The van der Waals surface area contributed by atoms with Gasteiger partial charge in [-0.3, -0.25) is 4.90 Å². The number of nitrogens with zero attached hydrogens (tertiary/aromatic N) is 2. The van der Waals surface area contributed by atoms with Crippen LogP contribution >= 0.6 is 15.9 Å². The van der Waals surface area contributed by atoms with E-state index in [-0.39, 0.29) is 0 Å². The van der Waals surface area contributed by atoms with Gasteiger partial charge < -0.3 is 4.74 Å². The van der Waals surface area contributed by atoms with Crippen LogP contribution < -0.4 is 4.90 Å². The topological polar surface area (TPSA) is 53.3 Å². The highest BCUT2D eigenvalue weighted by Crippen LogP contribution is 2.25. The first kappa shape index (κ1) is 11.0. The number of ether oxygens (including phenoxy) is 1. The minimum Gasteiger partial charge on any atom is -0.449 e. The number of rotatable bonds is 1. The number of cyclic esters (lactones) is 1. The molecular formula is C11H9BrN2O2. The fourth-order valence-electron chi connectivity index (χ4n) is 1.62. The molecule has 0 bridgehead atoms. The Labute approximate surface area is 102 Å². The Balaban J connectivity index is 2.36. The average molecular weight is 281 g/mol. The number of hydrogen-bond acceptors (Lipinski definition) is 3. The summed E-state index contributed by atoms with van der Waals surface area (Å²) >= 11 is 3.33. The Morgan fingerprint density at radius 3 is 3.06 bits per heavy atom. The van der Waals surface area contributed by atoms with Gasteiger partial charge in [-0.25, -0.2) is 4.79 Å². The molecule has 1 aromatic carbocycles. The van der Waals surface area contributed by atoms with Crippen LogP contribution in [0.1, 0.15) is 6.42 Å². The van der Waals surface area contributed by atoms with Gasteiger partial charge in [0.15, 0.2) is 0 Å². The molecule has 82 valence electrons. The summed E-state index contributed by atoms with van der Waals surface area (Å²) < 4.78 is 5.80. The number of halogens is 1. The summed E-state index contributed by atoms with van der Waals surface area (Å²) in [7, 11) is 0. The summed E-state index contributed by atoms with van der Waals surface area (Å²) in [6, 6.07) is 8.91. The molecule has 1 aliphatic heterocycles. The predicted octanol–water partition coefficient (Wildman–Crippen LogP) is 2.69. The SMILES string of the molecule is N#CC1CCOC(=O)N1c1cccc(Br)c1. The molecule has 0 saturated carbocycles. The second kappa shape index (κ2) is 4.54. The third-order valence-corrected chi connectivity index (χ3v) is 2.85. The van der Waals surface area contributed by atoms with Gasteiger partial charge in [0.1, 0.15) is 6.04 Å². The molecule has 5 heteroatoms. The molecule has 1 atom stereocenters. The minimum absolute atomic E-state index is 0.307. The molecule has 1 unspecified atom stereocenters. The van der Waals surface area contributed by atoms with E-state index in [4.69, 9.17) is 10.00 Å². The molecule has 0 aliphatic carbocycles. The maximum Gasteiger partial charge on any atom is 0.415 e. The summed E-state index contributed by atoms with van der Waals surface area (Å²) in [5, 5.41) is 9.00. The molecular weight excluding hydrogens is 272 g/mol. The maximum atomic E-state index is 11.6. The molecule has 4 nitrogen and oxygen atoms in total. The van der Waals surface area contributed by atoms with E-state index in [2.05, 4.69) is 22.0 Å². The third-order valence-electron chi connectivity index (χ3n) is 2.36. The Morgan fingerprint density at radius 1 is 1.56 bits per heavy atom. The number of carbonyl (C=O) groups excluding carboxylic acids is 1. The average Bonchev–Trinajstić information content (AvgIpc) is 2.28. The standard InChI is InChI=1S/C11H9BrN2O2/c12-8-2-1-3-9(6-8)14-10(7-13)4-5-16-11(14)15/h1-3,6,10H,4-5H2. The molecule has 2 rings (SSSR count). The van der Waals surface area contributed by atoms with Crippen molar-refractivity contribution in [2.45, 2.75) is 12.5 Å². The van der Waals surface area contributed by atoms with Gasteiger partial charge in [-0.2, -0.15) is 5.26 Å². The summed E-state index contributed by atoms with van der Waals surface area (Å²) in [4.78, 5) is 13.0. The van der Waals surface area contributed by atoms with Gasteiger partial charge in [0.2, 0.25) is 0 Å². The number of hydrogen-bond donors (Lipinski definition) is 0. The lowest BCUT2D eigenvalue weighted by Crippen LogP contribution is -2.45. The molecule has 1 heterocycles. The molecule has 1 fully saturated rings. The lowest BCUT2D eigenvalue weighted by atomic mass is 10.1. The first-order valence-corrected chi connectivity index (χ1v) is 5.63. The van der Waals surface area contributed by atoms with E-state index in [0.29, 0.717) is 18.7 Å². The number of nitriles is 1. The molecule has 0 radical (unpaired) electrons. The summed E-state index contributed by atoms with van der Waals surface area (Å²) in [5.74, 6) is 0.